The maximum Gasteiger partial charge on any atom is 0.223 e. The van der Waals surface area contributed by atoms with E-state index in [9.17, 15) is 4.79 Å². The normalized spacial score (nSPS) is 12.5. The average molecular weight is 245 g/mol. The molecule has 0 spiro atoms. The van der Waals surface area contributed by atoms with Crippen LogP contribution in [0, 0.1) is 0 Å². The molecular weight excluding hydrogens is 230 g/mol. The second kappa shape index (κ2) is 6.09. The fraction of sp³-hybridized carbons (Fsp3) is 0.556. The van der Waals surface area contributed by atoms with Crippen LogP contribution < -0.4 is 11.1 Å². The van der Waals surface area contributed by atoms with Gasteiger partial charge in [-0.15, -0.1) is 11.3 Å². The van der Waals surface area contributed by atoms with Crippen LogP contribution in [0.5, 0.6) is 0 Å². The van der Waals surface area contributed by atoms with Crippen molar-refractivity contribution in [1.82, 2.24) is 4.98 Å². The zero-order valence-electron chi connectivity index (χ0n) is 8.82. The van der Waals surface area contributed by atoms with Crippen LogP contribution >= 0.6 is 23.1 Å². The molecule has 0 aliphatic heterocycles. The van der Waals surface area contributed by atoms with E-state index in [0.29, 0.717) is 5.13 Å². The second-order valence-corrected chi connectivity index (χ2v) is 5.21. The zero-order chi connectivity index (χ0) is 11.3. The van der Waals surface area contributed by atoms with Crippen LogP contribution in [-0.4, -0.2) is 22.7 Å². The minimum Gasteiger partial charge on any atom is -0.327 e. The summed E-state index contributed by atoms with van der Waals surface area (Å²) in [5, 5.41) is 5.28. The summed E-state index contributed by atoms with van der Waals surface area (Å²) < 4.78 is 0. The highest BCUT2D eigenvalue weighted by Gasteiger charge is 2.03. The molecule has 1 aromatic heterocycles. The third-order valence-electron chi connectivity index (χ3n) is 1.47. The summed E-state index contributed by atoms with van der Waals surface area (Å²) in [7, 11) is 0. The fourth-order valence-corrected chi connectivity index (χ4v) is 2.64. The molecule has 84 valence electrons. The lowest BCUT2D eigenvalue weighted by molar-refractivity contribution is -0.114. The van der Waals surface area contributed by atoms with Crippen LogP contribution in [0.1, 0.15) is 19.5 Å². The van der Waals surface area contributed by atoms with Gasteiger partial charge in [-0.3, -0.25) is 4.79 Å². The van der Waals surface area contributed by atoms with Gasteiger partial charge in [0.1, 0.15) is 0 Å². The molecule has 0 aromatic carbocycles. The lowest BCUT2D eigenvalue weighted by atomic mass is 10.4. The lowest BCUT2D eigenvalue weighted by Crippen LogP contribution is -2.17. The highest BCUT2D eigenvalue weighted by atomic mass is 32.2. The van der Waals surface area contributed by atoms with Crippen molar-refractivity contribution in [2.75, 3.05) is 11.1 Å². The van der Waals surface area contributed by atoms with E-state index in [2.05, 4.69) is 10.3 Å². The molecule has 1 unspecified atom stereocenters. The van der Waals surface area contributed by atoms with E-state index >= 15 is 0 Å². The smallest absolute Gasteiger partial charge is 0.223 e. The number of carbonyl (C=O) groups is 1. The summed E-state index contributed by atoms with van der Waals surface area (Å²) in [5.74, 6) is 1.68. The second-order valence-electron chi connectivity index (χ2n) is 3.32. The van der Waals surface area contributed by atoms with Crippen molar-refractivity contribution in [2.45, 2.75) is 25.6 Å². The third kappa shape index (κ3) is 5.15. The first-order valence-corrected chi connectivity index (χ1v) is 6.66. The molecule has 0 saturated heterocycles. The summed E-state index contributed by atoms with van der Waals surface area (Å²) >= 11 is 3.20. The van der Waals surface area contributed by atoms with Gasteiger partial charge >= 0.3 is 0 Å². The molecule has 1 amide bonds. The van der Waals surface area contributed by atoms with Crippen LogP contribution in [0.15, 0.2) is 5.38 Å². The number of nitrogens with one attached hydrogen (secondary N) is 1. The Bertz CT molecular complexity index is 325. The Morgan fingerprint density at radius 2 is 2.53 bits per heavy atom. The Labute approximate surface area is 97.7 Å². The van der Waals surface area contributed by atoms with Crippen molar-refractivity contribution < 1.29 is 4.79 Å². The van der Waals surface area contributed by atoms with E-state index in [1.54, 1.807) is 11.8 Å². The number of nitrogens with two attached hydrogens (primary N) is 1. The molecule has 0 bridgehead atoms. The Morgan fingerprint density at radius 1 is 1.80 bits per heavy atom. The lowest BCUT2D eigenvalue weighted by Gasteiger charge is -2.02. The number of anilines is 1. The molecular formula is C9H15N3OS2. The van der Waals surface area contributed by atoms with E-state index < -0.39 is 0 Å². The molecule has 1 heterocycles. The molecule has 3 N–H and O–H groups in total. The van der Waals surface area contributed by atoms with E-state index in [-0.39, 0.29) is 11.9 Å². The van der Waals surface area contributed by atoms with Gasteiger partial charge < -0.3 is 11.1 Å². The van der Waals surface area contributed by atoms with Gasteiger partial charge in [-0.05, 0) is 6.92 Å². The molecule has 1 aromatic rings. The quantitative estimate of drug-likeness (QED) is 0.828. The number of hydrogen-bond donors (Lipinski definition) is 2. The van der Waals surface area contributed by atoms with Gasteiger partial charge in [0.2, 0.25) is 5.91 Å². The predicted molar refractivity (Wildman–Crippen MR) is 66.2 cm³/mol. The summed E-state index contributed by atoms with van der Waals surface area (Å²) in [6.07, 6.45) is 0. The first-order chi connectivity index (χ1) is 7.08. The number of rotatable bonds is 5. The van der Waals surface area contributed by atoms with E-state index in [0.717, 1.165) is 17.2 Å². The van der Waals surface area contributed by atoms with Crippen molar-refractivity contribution in [3.63, 3.8) is 0 Å². The van der Waals surface area contributed by atoms with Crippen molar-refractivity contribution in [1.29, 1.82) is 0 Å². The van der Waals surface area contributed by atoms with Crippen molar-refractivity contribution >= 4 is 34.1 Å². The van der Waals surface area contributed by atoms with Gasteiger partial charge in [-0.25, -0.2) is 4.98 Å². The highest BCUT2D eigenvalue weighted by Crippen LogP contribution is 2.19. The van der Waals surface area contributed by atoms with Gasteiger partial charge in [0.05, 0.1) is 5.69 Å². The number of nitrogens with zero attached hydrogens (tertiary/aromatic N) is 1. The van der Waals surface area contributed by atoms with E-state index in [1.165, 1.54) is 18.3 Å². The molecule has 0 aliphatic rings. The van der Waals surface area contributed by atoms with Gasteiger partial charge in [0.15, 0.2) is 5.13 Å². The molecule has 0 fully saturated rings. The summed E-state index contributed by atoms with van der Waals surface area (Å²) in [4.78, 5) is 15.0. The number of hydrogen-bond acceptors (Lipinski definition) is 5. The maximum absolute atomic E-state index is 10.8. The largest absolute Gasteiger partial charge is 0.327 e. The molecule has 0 aliphatic carbocycles. The van der Waals surface area contributed by atoms with E-state index in [1.807, 2.05) is 12.3 Å². The molecule has 1 rings (SSSR count). The Hall–Kier alpha value is -0.590. The average Bonchev–Trinajstić information content (AvgIpc) is 2.50. The first kappa shape index (κ1) is 12.5. The van der Waals surface area contributed by atoms with Gasteiger partial charge in [0, 0.05) is 29.9 Å². The van der Waals surface area contributed by atoms with Gasteiger partial charge in [0.25, 0.3) is 0 Å². The topological polar surface area (TPSA) is 68.0 Å². The molecule has 0 saturated carbocycles. The van der Waals surface area contributed by atoms with Gasteiger partial charge in [-0.1, -0.05) is 0 Å². The monoisotopic (exact) mass is 245 g/mol. The molecule has 6 heteroatoms. The SMILES string of the molecule is CC(=O)Nc1nc(CSCC(C)N)cs1. The van der Waals surface area contributed by atoms with Crippen molar-refractivity contribution in [2.24, 2.45) is 5.73 Å². The van der Waals surface area contributed by atoms with E-state index in [4.69, 9.17) is 5.73 Å². The minimum absolute atomic E-state index is 0.0841. The number of amides is 1. The third-order valence-corrected chi connectivity index (χ3v) is 3.53. The fourth-order valence-electron chi connectivity index (χ4n) is 0.931. The van der Waals surface area contributed by atoms with Crippen molar-refractivity contribution in [3.8, 4) is 0 Å². The minimum atomic E-state index is -0.0841. The van der Waals surface area contributed by atoms with Crippen LogP contribution in [0.4, 0.5) is 5.13 Å². The van der Waals surface area contributed by atoms with Crippen LogP contribution in [0.2, 0.25) is 0 Å². The van der Waals surface area contributed by atoms with Crippen LogP contribution in [0.3, 0.4) is 0 Å². The summed E-state index contributed by atoms with van der Waals surface area (Å²) in [6.45, 7) is 3.46. The molecule has 1 atom stereocenters. The Balaban J connectivity index is 2.36. The number of carbonyl (C=O) groups excluding carboxylic acids is 1. The molecule has 0 radical (unpaired) electrons. The summed E-state index contributed by atoms with van der Waals surface area (Å²) in [6, 6.07) is 0.212. The van der Waals surface area contributed by atoms with Crippen LogP contribution in [0.25, 0.3) is 0 Å². The number of thioether (sulfide) groups is 1. The zero-order valence-corrected chi connectivity index (χ0v) is 10.5. The standard InChI is InChI=1S/C9H15N3OS2/c1-6(10)3-14-4-8-5-15-9(12-8)11-7(2)13/h5-6H,3-4,10H2,1-2H3,(H,11,12,13). The van der Waals surface area contributed by atoms with Crippen LogP contribution in [-0.2, 0) is 10.5 Å². The Morgan fingerprint density at radius 3 is 3.13 bits per heavy atom. The summed E-state index contributed by atoms with van der Waals surface area (Å²) in [5.41, 5.74) is 6.63. The number of thiazole rings is 1. The maximum atomic E-state index is 10.8. The van der Waals surface area contributed by atoms with Crippen molar-refractivity contribution in [3.05, 3.63) is 11.1 Å². The molecule has 15 heavy (non-hydrogen) atoms. The predicted octanol–water partition coefficient (Wildman–Crippen LogP) is 1.68. The van der Waals surface area contributed by atoms with Gasteiger partial charge in [-0.2, -0.15) is 11.8 Å². The number of aromatic nitrogens is 1. The first-order valence-electron chi connectivity index (χ1n) is 4.63. The molecule has 4 nitrogen and oxygen atoms in total. The highest BCUT2D eigenvalue weighted by molar-refractivity contribution is 7.98. The Kier molecular flexibility index (Phi) is 5.07.